The van der Waals surface area contributed by atoms with Crippen molar-refractivity contribution in [2.75, 3.05) is 5.32 Å². The first kappa shape index (κ1) is 15.4. The number of anilines is 1. The number of rotatable bonds is 8. The highest BCUT2D eigenvalue weighted by Gasteiger charge is 2.16. The first-order chi connectivity index (χ1) is 9.08. The minimum absolute atomic E-state index is 0.113. The molecule has 0 bridgehead atoms. The van der Waals surface area contributed by atoms with Crippen molar-refractivity contribution in [2.24, 2.45) is 0 Å². The van der Waals surface area contributed by atoms with Crippen molar-refractivity contribution >= 4 is 11.8 Å². The Kier molecular flexibility index (Phi) is 6.25. The van der Waals surface area contributed by atoms with E-state index in [0.29, 0.717) is 0 Å². The van der Waals surface area contributed by atoms with E-state index < -0.39 is 11.8 Å². The number of carbonyl (C=O) groups is 1. The lowest BCUT2D eigenvalue weighted by Crippen LogP contribution is -2.22. The standard InChI is InChI=1S/C14H21FN2O2/c1-3-5-7-11(6-4-2)17-13-12(14(18)19)8-10(15)9-16-13/h8-9,11H,3-7H2,1-2H3,(H,16,17)(H,18,19). The second-order valence-corrected chi connectivity index (χ2v) is 4.63. The van der Waals surface area contributed by atoms with E-state index in [9.17, 15) is 9.18 Å². The number of aromatic nitrogens is 1. The van der Waals surface area contributed by atoms with E-state index in [0.717, 1.165) is 44.4 Å². The van der Waals surface area contributed by atoms with Crippen molar-refractivity contribution in [3.05, 3.63) is 23.6 Å². The van der Waals surface area contributed by atoms with E-state index in [1.807, 2.05) is 0 Å². The third-order valence-electron chi connectivity index (χ3n) is 2.97. The average molecular weight is 268 g/mol. The van der Waals surface area contributed by atoms with Gasteiger partial charge in [0.05, 0.1) is 6.20 Å². The highest BCUT2D eigenvalue weighted by molar-refractivity contribution is 5.93. The van der Waals surface area contributed by atoms with Gasteiger partial charge in [-0.15, -0.1) is 0 Å². The molecule has 0 spiro atoms. The summed E-state index contributed by atoms with van der Waals surface area (Å²) >= 11 is 0. The van der Waals surface area contributed by atoms with Crippen LogP contribution in [0.3, 0.4) is 0 Å². The summed E-state index contributed by atoms with van der Waals surface area (Å²) in [6, 6.07) is 1.18. The quantitative estimate of drug-likeness (QED) is 0.754. The van der Waals surface area contributed by atoms with Crippen LogP contribution in [0.4, 0.5) is 10.2 Å². The molecule has 0 aliphatic carbocycles. The molecule has 19 heavy (non-hydrogen) atoms. The highest BCUT2D eigenvalue weighted by Crippen LogP contribution is 2.18. The van der Waals surface area contributed by atoms with Gasteiger partial charge < -0.3 is 10.4 Å². The lowest BCUT2D eigenvalue weighted by Gasteiger charge is -2.19. The van der Waals surface area contributed by atoms with Crippen LogP contribution in [0.1, 0.15) is 56.3 Å². The first-order valence-electron chi connectivity index (χ1n) is 6.73. The smallest absolute Gasteiger partial charge is 0.339 e. The van der Waals surface area contributed by atoms with Gasteiger partial charge in [0, 0.05) is 6.04 Å². The number of halogens is 1. The van der Waals surface area contributed by atoms with Gasteiger partial charge in [-0.25, -0.2) is 14.2 Å². The SMILES string of the molecule is CCCCC(CCC)Nc1ncc(F)cc1C(=O)O. The summed E-state index contributed by atoms with van der Waals surface area (Å²) in [6.07, 6.45) is 6.11. The van der Waals surface area contributed by atoms with E-state index in [1.165, 1.54) is 0 Å². The minimum Gasteiger partial charge on any atom is -0.478 e. The van der Waals surface area contributed by atoms with Crippen LogP contribution in [0.25, 0.3) is 0 Å². The summed E-state index contributed by atoms with van der Waals surface area (Å²) in [5, 5.41) is 12.2. The van der Waals surface area contributed by atoms with Crippen LogP contribution < -0.4 is 5.32 Å². The zero-order valence-corrected chi connectivity index (χ0v) is 11.4. The summed E-state index contributed by atoms with van der Waals surface area (Å²) in [4.78, 5) is 14.9. The molecule has 0 radical (unpaired) electrons. The van der Waals surface area contributed by atoms with Gasteiger partial charge in [0.1, 0.15) is 17.2 Å². The second-order valence-electron chi connectivity index (χ2n) is 4.63. The Hall–Kier alpha value is -1.65. The Morgan fingerprint density at radius 3 is 2.74 bits per heavy atom. The normalized spacial score (nSPS) is 12.2. The minimum atomic E-state index is -1.17. The van der Waals surface area contributed by atoms with E-state index in [4.69, 9.17) is 5.11 Å². The molecule has 5 heteroatoms. The summed E-state index contributed by atoms with van der Waals surface area (Å²) < 4.78 is 13.0. The third-order valence-corrected chi connectivity index (χ3v) is 2.97. The van der Waals surface area contributed by atoms with Crippen molar-refractivity contribution in [2.45, 2.75) is 52.0 Å². The lowest BCUT2D eigenvalue weighted by atomic mass is 10.0. The number of pyridine rings is 1. The third kappa shape index (κ3) is 4.85. The predicted octanol–water partition coefficient (Wildman–Crippen LogP) is 3.69. The van der Waals surface area contributed by atoms with Crippen LogP contribution in [0, 0.1) is 5.82 Å². The van der Waals surface area contributed by atoms with Crippen molar-refractivity contribution in [3.63, 3.8) is 0 Å². The Morgan fingerprint density at radius 1 is 1.42 bits per heavy atom. The largest absolute Gasteiger partial charge is 0.478 e. The maximum atomic E-state index is 13.0. The Balaban J connectivity index is 2.85. The van der Waals surface area contributed by atoms with Crippen LogP contribution in [-0.4, -0.2) is 22.1 Å². The summed E-state index contributed by atoms with van der Waals surface area (Å²) in [5.41, 5.74) is -0.113. The molecule has 0 aliphatic rings. The number of unbranched alkanes of at least 4 members (excludes halogenated alkanes) is 1. The fourth-order valence-electron chi connectivity index (χ4n) is 2.00. The van der Waals surface area contributed by atoms with Crippen LogP contribution in [0.2, 0.25) is 0 Å². The molecule has 2 N–H and O–H groups in total. The van der Waals surface area contributed by atoms with Gasteiger partial charge in [0.2, 0.25) is 0 Å². The molecule has 0 aromatic carbocycles. The molecule has 106 valence electrons. The van der Waals surface area contributed by atoms with Gasteiger partial charge in [0.15, 0.2) is 0 Å². The van der Waals surface area contributed by atoms with Crippen LogP contribution in [-0.2, 0) is 0 Å². The molecule has 0 amide bonds. The van der Waals surface area contributed by atoms with Crippen LogP contribution in [0.15, 0.2) is 12.3 Å². The highest BCUT2D eigenvalue weighted by atomic mass is 19.1. The molecule has 1 atom stereocenters. The molecule has 0 saturated heterocycles. The number of hydrogen-bond acceptors (Lipinski definition) is 3. The Bertz CT molecular complexity index is 424. The maximum absolute atomic E-state index is 13.0. The number of carboxylic acid groups (broad SMARTS) is 1. The van der Waals surface area contributed by atoms with Crippen molar-refractivity contribution in [3.8, 4) is 0 Å². The van der Waals surface area contributed by atoms with E-state index >= 15 is 0 Å². The monoisotopic (exact) mass is 268 g/mol. The molecule has 0 fully saturated rings. The average Bonchev–Trinajstić information content (AvgIpc) is 2.38. The molecule has 4 nitrogen and oxygen atoms in total. The number of aromatic carboxylic acids is 1. The molecule has 1 aromatic rings. The lowest BCUT2D eigenvalue weighted by molar-refractivity contribution is 0.0697. The summed E-state index contributed by atoms with van der Waals surface area (Å²) in [6.45, 7) is 4.19. The van der Waals surface area contributed by atoms with E-state index in [-0.39, 0.29) is 17.4 Å². The molecular weight excluding hydrogens is 247 g/mol. The molecular formula is C14H21FN2O2. The van der Waals surface area contributed by atoms with Crippen molar-refractivity contribution < 1.29 is 14.3 Å². The molecule has 1 unspecified atom stereocenters. The van der Waals surface area contributed by atoms with Crippen molar-refractivity contribution in [1.82, 2.24) is 4.98 Å². The molecule has 0 aliphatic heterocycles. The van der Waals surface area contributed by atoms with Gasteiger partial charge in [-0.2, -0.15) is 0 Å². The summed E-state index contributed by atoms with van der Waals surface area (Å²) in [5.74, 6) is -1.55. The second kappa shape index (κ2) is 7.71. The zero-order chi connectivity index (χ0) is 14.3. The molecule has 1 heterocycles. The maximum Gasteiger partial charge on any atom is 0.339 e. The van der Waals surface area contributed by atoms with Gasteiger partial charge in [-0.3, -0.25) is 0 Å². The number of nitrogens with one attached hydrogen (secondary N) is 1. The fourth-order valence-corrected chi connectivity index (χ4v) is 2.00. The first-order valence-corrected chi connectivity index (χ1v) is 6.73. The Labute approximate surface area is 113 Å². The van der Waals surface area contributed by atoms with Gasteiger partial charge in [-0.05, 0) is 18.9 Å². The molecule has 1 rings (SSSR count). The van der Waals surface area contributed by atoms with Crippen LogP contribution >= 0.6 is 0 Å². The number of nitrogens with zero attached hydrogens (tertiary/aromatic N) is 1. The van der Waals surface area contributed by atoms with E-state index in [1.54, 1.807) is 0 Å². The van der Waals surface area contributed by atoms with Crippen LogP contribution in [0.5, 0.6) is 0 Å². The summed E-state index contributed by atoms with van der Waals surface area (Å²) in [7, 11) is 0. The fraction of sp³-hybridized carbons (Fsp3) is 0.571. The van der Waals surface area contributed by atoms with Gasteiger partial charge >= 0.3 is 5.97 Å². The van der Waals surface area contributed by atoms with Gasteiger partial charge in [-0.1, -0.05) is 33.1 Å². The topological polar surface area (TPSA) is 62.2 Å². The molecule has 0 saturated carbocycles. The van der Waals surface area contributed by atoms with Gasteiger partial charge in [0.25, 0.3) is 0 Å². The zero-order valence-electron chi connectivity index (χ0n) is 11.4. The number of hydrogen-bond donors (Lipinski definition) is 2. The number of carboxylic acids is 1. The van der Waals surface area contributed by atoms with E-state index in [2.05, 4.69) is 24.1 Å². The Morgan fingerprint density at radius 2 is 2.16 bits per heavy atom. The van der Waals surface area contributed by atoms with Crippen molar-refractivity contribution in [1.29, 1.82) is 0 Å². The predicted molar refractivity (Wildman–Crippen MR) is 73.0 cm³/mol. The molecule has 1 aromatic heterocycles.